The molecule has 288 valence electrons. The zero-order valence-electron chi connectivity index (χ0n) is 29.4. The molecule has 0 aliphatic heterocycles. The summed E-state index contributed by atoms with van der Waals surface area (Å²) in [6, 6.07) is 7.89. The van der Waals surface area contributed by atoms with Crippen LogP contribution in [0.3, 0.4) is 0 Å². The van der Waals surface area contributed by atoms with Crippen LogP contribution in [-0.2, 0) is 37.3 Å². The fourth-order valence-corrected chi connectivity index (χ4v) is 4.44. The number of carbonyl (C=O) groups excluding carboxylic acids is 2. The van der Waals surface area contributed by atoms with Crippen LogP contribution in [0.25, 0.3) is 11.6 Å². The summed E-state index contributed by atoms with van der Waals surface area (Å²) < 4.78 is 114. The number of anilines is 1. The van der Waals surface area contributed by atoms with E-state index in [2.05, 4.69) is 15.2 Å². The van der Waals surface area contributed by atoms with Crippen molar-refractivity contribution < 1.29 is 69.5 Å². The summed E-state index contributed by atoms with van der Waals surface area (Å²) in [6.45, 7) is 8.69. The average Bonchev–Trinajstić information content (AvgIpc) is 3.47. The van der Waals surface area contributed by atoms with E-state index in [0.717, 1.165) is 0 Å². The molecule has 0 spiro atoms. The minimum atomic E-state index is -5.31. The van der Waals surface area contributed by atoms with Crippen LogP contribution in [0.2, 0.25) is 0 Å². The monoisotopic (exact) mass is 750 g/mol. The second kappa shape index (κ2) is 16.0. The van der Waals surface area contributed by atoms with Crippen LogP contribution in [0.15, 0.2) is 40.8 Å². The van der Waals surface area contributed by atoms with Crippen molar-refractivity contribution in [3.63, 3.8) is 0 Å². The van der Waals surface area contributed by atoms with Gasteiger partial charge < -0.3 is 33.6 Å². The van der Waals surface area contributed by atoms with Gasteiger partial charge in [0.25, 0.3) is 11.8 Å². The van der Waals surface area contributed by atoms with Gasteiger partial charge in [-0.3, -0.25) is 0 Å². The number of rotatable bonds is 12. The van der Waals surface area contributed by atoms with E-state index in [1.807, 2.05) is 0 Å². The molecule has 2 amide bonds. The topological polar surface area (TPSA) is 167 Å². The number of aliphatic hydroxyl groups excluding tert-OH is 1. The fourth-order valence-electron chi connectivity index (χ4n) is 4.44. The number of hydrogen-bond acceptors (Lipinski definition) is 12. The van der Waals surface area contributed by atoms with Crippen molar-refractivity contribution in [1.82, 2.24) is 15.2 Å². The van der Waals surface area contributed by atoms with Crippen molar-refractivity contribution in [3.8, 4) is 17.5 Å². The van der Waals surface area contributed by atoms with E-state index in [1.54, 1.807) is 18.2 Å². The molecule has 3 aromatic rings. The second-order valence-electron chi connectivity index (χ2n) is 13.6. The number of hydrogen-bond donors (Lipinski definition) is 2. The Balaban J connectivity index is 2.28. The molecule has 2 heterocycles. The number of aromatic nitrogens is 3. The summed E-state index contributed by atoms with van der Waals surface area (Å²) in [7, 11) is 0. The molecule has 19 heteroatoms. The molecule has 0 saturated heterocycles. The van der Waals surface area contributed by atoms with E-state index in [-0.39, 0.29) is 30.6 Å². The van der Waals surface area contributed by atoms with E-state index in [4.69, 9.17) is 23.4 Å². The van der Waals surface area contributed by atoms with E-state index in [9.17, 15) is 33.0 Å². The summed E-state index contributed by atoms with van der Waals surface area (Å²) in [5, 5.41) is 26.9. The van der Waals surface area contributed by atoms with Gasteiger partial charge in [0.05, 0.1) is 25.0 Å². The van der Waals surface area contributed by atoms with Crippen LogP contribution < -0.4 is 4.90 Å². The van der Waals surface area contributed by atoms with Crippen LogP contribution in [0.1, 0.15) is 78.3 Å². The summed E-state index contributed by atoms with van der Waals surface area (Å²) in [5.41, 5.74) is -9.62. The number of benzene rings is 1. The number of aliphatic hydroxyl groups is 1. The molecule has 2 N–H and O–H groups in total. The SMILES string of the molecule is C[C@H](O)COCCCC(OCc1ccccc1)(c1nnc(-c2nc(O)c(C(F)(F)F)cc2N(C(=O)OC(C)(C)C)C(=O)OC(C)(C)C)o1)C(F)(F)F. The average molecular weight is 751 g/mol. The number of amides is 2. The van der Waals surface area contributed by atoms with E-state index >= 15 is 13.2 Å². The molecule has 2 atom stereocenters. The third-order valence-electron chi connectivity index (χ3n) is 6.62. The first-order valence-corrected chi connectivity index (χ1v) is 15.8. The van der Waals surface area contributed by atoms with E-state index in [0.29, 0.717) is 5.56 Å². The summed E-state index contributed by atoms with van der Waals surface area (Å²) in [6.07, 6.45) is -15.8. The van der Waals surface area contributed by atoms with Gasteiger partial charge in [-0.2, -0.15) is 31.2 Å². The minimum absolute atomic E-state index is 0.0137. The third-order valence-corrected chi connectivity index (χ3v) is 6.62. The summed E-state index contributed by atoms with van der Waals surface area (Å²) in [4.78, 5) is 30.3. The number of pyridine rings is 1. The maximum absolute atomic E-state index is 15.2. The molecular formula is C33H40F6N4O9. The van der Waals surface area contributed by atoms with Crippen molar-refractivity contribution in [2.24, 2.45) is 0 Å². The molecule has 13 nitrogen and oxygen atoms in total. The van der Waals surface area contributed by atoms with Gasteiger partial charge in [0.1, 0.15) is 16.8 Å². The molecule has 0 aliphatic rings. The molecule has 3 rings (SSSR count). The number of nitrogens with zero attached hydrogens (tertiary/aromatic N) is 4. The Morgan fingerprint density at radius 2 is 1.50 bits per heavy atom. The van der Waals surface area contributed by atoms with Gasteiger partial charge in [-0.15, -0.1) is 10.2 Å². The van der Waals surface area contributed by atoms with Crippen LogP contribution in [0.5, 0.6) is 5.88 Å². The fraction of sp³-hybridized carbons (Fsp3) is 0.545. The quantitative estimate of drug-likeness (QED) is 0.137. The van der Waals surface area contributed by atoms with Crippen LogP contribution in [0, 0.1) is 0 Å². The summed E-state index contributed by atoms with van der Waals surface area (Å²) >= 11 is 0. The molecule has 2 aromatic heterocycles. The Kier molecular flexibility index (Phi) is 12.9. The first kappa shape index (κ1) is 41.9. The van der Waals surface area contributed by atoms with Crippen LogP contribution in [0.4, 0.5) is 41.6 Å². The lowest BCUT2D eigenvalue weighted by Gasteiger charge is -2.32. The number of halogens is 6. The van der Waals surface area contributed by atoms with Gasteiger partial charge in [0.2, 0.25) is 11.5 Å². The first-order valence-electron chi connectivity index (χ1n) is 15.8. The molecular weight excluding hydrogens is 710 g/mol. The standard InChI is InChI=1S/C33H40F6N4O9/c1-19(44)17-48-15-11-14-31(33(37,38)39,49-18-20-12-9-8-10-13-20)26-42-41-25(50-26)23-22(16-21(24(45)40-23)32(34,35)36)43(27(46)51-29(2,3)4)28(47)52-30(5,6)7/h8-10,12-13,16,19,44H,11,14-15,17-18H2,1-7H3,(H,40,45)/t19-,31?/m0/s1. The van der Waals surface area contributed by atoms with E-state index in [1.165, 1.54) is 60.6 Å². The van der Waals surface area contributed by atoms with Crippen LogP contribution in [-0.4, -0.2) is 74.3 Å². The Morgan fingerprint density at radius 1 is 0.923 bits per heavy atom. The zero-order valence-corrected chi connectivity index (χ0v) is 29.4. The molecule has 0 fully saturated rings. The van der Waals surface area contributed by atoms with Crippen molar-refractivity contribution >= 4 is 17.9 Å². The van der Waals surface area contributed by atoms with E-state index < -0.39 is 95.1 Å². The lowest BCUT2D eigenvalue weighted by atomic mass is 9.96. The normalized spacial score (nSPS) is 14.4. The smallest absolute Gasteiger partial charge is 0.426 e. The van der Waals surface area contributed by atoms with Crippen molar-refractivity contribution in [2.75, 3.05) is 18.1 Å². The Hall–Kier alpha value is -4.49. The zero-order chi connectivity index (χ0) is 39.3. The van der Waals surface area contributed by atoms with Crippen molar-refractivity contribution in [2.45, 2.75) is 103 Å². The molecule has 1 unspecified atom stereocenters. The Bertz CT molecular complexity index is 1640. The predicted octanol–water partition coefficient (Wildman–Crippen LogP) is 7.68. The molecule has 0 bridgehead atoms. The predicted molar refractivity (Wildman–Crippen MR) is 170 cm³/mol. The van der Waals surface area contributed by atoms with Gasteiger partial charge in [-0.1, -0.05) is 30.3 Å². The van der Waals surface area contributed by atoms with Gasteiger partial charge >= 0.3 is 24.5 Å². The highest BCUT2D eigenvalue weighted by atomic mass is 19.4. The van der Waals surface area contributed by atoms with Crippen LogP contribution >= 0.6 is 0 Å². The Labute approximate surface area is 294 Å². The number of aromatic hydroxyl groups is 1. The highest BCUT2D eigenvalue weighted by molar-refractivity contribution is 6.11. The van der Waals surface area contributed by atoms with Crippen molar-refractivity contribution in [3.05, 3.63) is 53.4 Å². The minimum Gasteiger partial charge on any atom is -0.493 e. The molecule has 0 radical (unpaired) electrons. The van der Waals surface area contributed by atoms with Gasteiger partial charge in [0, 0.05) is 6.61 Å². The largest absolute Gasteiger partial charge is 0.493 e. The lowest BCUT2D eigenvalue weighted by molar-refractivity contribution is -0.300. The number of imide groups is 1. The van der Waals surface area contributed by atoms with Gasteiger partial charge in [-0.05, 0) is 72.9 Å². The van der Waals surface area contributed by atoms with Gasteiger partial charge in [-0.25, -0.2) is 14.6 Å². The number of carbonyl (C=O) groups is 2. The highest BCUT2D eigenvalue weighted by Crippen LogP contribution is 2.47. The summed E-state index contributed by atoms with van der Waals surface area (Å²) in [5.74, 6) is -3.97. The number of alkyl halides is 6. The Morgan fingerprint density at radius 3 is 2.00 bits per heavy atom. The highest BCUT2D eigenvalue weighted by Gasteiger charge is 2.61. The second-order valence-corrected chi connectivity index (χ2v) is 13.6. The van der Waals surface area contributed by atoms with Crippen molar-refractivity contribution in [1.29, 1.82) is 0 Å². The maximum Gasteiger partial charge on any atom is 0.426 e. The first-order chi connectivity index (χ1) is 23.8. The maximum atomic E-state index is 15.2. The lowest BCUT2D eigenvalue weighted by Crippen LogP contribution is -2.45. The molecule has 0 aliphatic carbocycles. The number of ether oxygens (including phenoxy) is 4. The molecule has 0 saturated carbocycles. The molecule has 1 aromatic carbocycles. The molecule has 52 heavy (non-hydrogen) atoms. The third kappa shape index (κ3) is 11.0. The van der Waals surface area contributed by atoms with Gasteiger partial charge in [0.15, 0.2) is 5.69 Å².